The van der Waals surface area contributed by atoms with Crippen molar-refractivity contribution < 1.29 is 40.6 Å². The van der Waals surface area contributed by atoms with Crippen molar-refractivity contribution >= 4 is 0 Å². The molecule has 2 aromatic carbocycles. The average Bonchev–Trinajstić information content (AvgIpc) is 2.90. The lowest BCUT2D eigenvalue weighted by Gasteiger charge is -2.34. The number of hydrogen-bond donors (Lipinski definition) is 0. The van der Waals surface area contributed by atoms with E-state index in [1.165, 1.54) is 12.0 Å². The Kier molecular flexibility index (Phi) is 11.7. The third-order valence-corrected chi connectivity index (χ3v) is 7.22. The molecule has 0 saturated heterocycles. The summed E-state index contributed by atoms with van der Waals surface area (Å²) >= 11 is 0. The molecule has 2 aromatic rings. The number of nitriles is 1. The highest BCUT2D eigenvalue weighted by atomic mass is 19.4. The van der Waals surface area contributed by atoms with Gasteiger partial charge in [0.2, 0.25) is 0 Å². The molecule has 2 rings (SSSR count). The van der Waals surface area contributed by atoms with Crippen LogP contribution in [0, 0.1) is 37.0 Å². The lowest BCUT2D eigenvalue weighted by molar-refractivity contribution is -0.368. The van der Waals surface area contributed by atoms with Crippen LogP contribution in [0.25, 0.3) is 0 Å². The Hall–Kier alpha value is -3.21. The van der Waals surface area contributed by atoms with Gasteiger partial charge in [-0.3, -0.25) is 0 Å². The maximum Gasteiger partial charge on any atom is 0.438 e. The van der Waals surface area contributed by atoms with Crippen molar-refractivity contribution in [2.24, 2.45) is 0 Å². The van der Waals surface area contributed by atoms with Crippen LogP contribution in [0.3, 0.4) is 0 Å². The van der Waals surface area contributed by atoms with Gasteiger partial charge in [0, 0.05) is 24.5 Å². The van der Waals surface area contributed by atoms with E-state index < -0.39 is 30.2 Å². The van der Waals surface area contributed by atoms with Crippen molar-refractivity contribution in [3.05, 3.63) is 64.2 Å². The molecule has 0 spiro atoms. The summed E-state index contributed by atoms with van der Waals surface area (Å²) in [6.45, 7) is 6.83. The highest BCUT2D eigenvalue weighted by Gasteiger charge is 2.72. The highest BCUT2D eigenvalue weighted by Crippen LogP contribution is 2.46. The van der Waals surface area contributed by atoms with Gasteiger partial charge in [0.1, 0.15) is 12.5 Å². The van der Waals surface area contributed by atoms with E-state index in [4.69, 9.17) is 10.00 Å². The molecule has 0 atom stereocenters. The Labute approximate surface area is 237 Å². The van der Waals surface area contributed by atoms with Crippen molar-refractivity contribution in [3.8, 4) is 23.7 Å². The number of benzene rings is 2. The molecule has 224 valence electrons. The monoisotopic (exact) mass is 583 g/mol. The van der Waals surface area contributed by atoms with Gasteiger partial charge in [-0.1, -0.05) is 44.0 Å². The smallest absolute Gasteiger partial charge is 0.438 e. The summed E-state index contributed by atoms with van der Waals surface area (Å²) < 4.78 is 96.3. The van der Waals surface area contributed by atoms with Crippen molar-refractivity contribution in [1.82, 2.24) is 0 Å². The number of hydrogen-bond acceptors (Lipinski definition) is 4. The molecule has 0 bridgehead atoms. The van der Waals surface area contributed by atoms with E-state index >= 15 is 0 Å². The fourth-order valence-corrected chi connectivity index (χ4v) is 4.74. The Bertz CT molecular complexity index is 1250. The number of alkyl halides is 6. The number of halogens is 6. The fraction of sp³-hybridized carbons (Fsp3) is 0.516. The summed E-state index contributed by atoms with van der Waals surface area (Å²) in [7, 11) is 0.919. The molecule has 0 N–H and O–H groups in total. The molecular weight excluding hydrogens is 548 g/mol. The molecule has 0 unspecified atom stereocenters. The molecular formula is C31H35F6NO3. The van der Waals surface area contributed by atoms with Gasteiger partial charge in [0.25, 0.3) is 0 Å². The molecule has 0 aromatic heterocycles. The summed E-state index contributed by atoms with van der Waals surface area (Å²) in [6.07, 6.45) is -8.31. The SMILES string of the molecule is CCC(CC)(c1ccc(C#CC(OCOC)(C(F)(F)F)C(F)(F)F)c(C)c1)c1ccc(OCCCCC#N)c(C)c1. The van der Waals surface area contributed by atoms with Crippen LogP contribution in [0.15, 0.2) is 36.4 Å². The minimum absolute atomic E-state index is 0.0186. The number of rotatable bonds is 12. The molecule has 10 heteroatoms. The number of nitrogens with zero attached hydrogens (tertiary/aromatic N) is 1. The summed E-state index contributed by atoms with van der Waals surface area (Å²) in [5.41, 5.74) is -1.91. The van der Waals surface area contributed by atoms with Gasteiger partial charge in [-0.05, 0) is 79.8 Å². The van der Waals surface area contributed by atoms with Gasteiger partial charge >= 0.3 is 18.0 Å². The van der Waals surface area contributed by atoms with E-state index in [1.54, 1.807) is 19.1 Å². The normalized spacial score (nSPS) is 12.4. The number of methoxy groups -OCH3 is 1. The van der Waals surface area contributed by atoms with E-state index in [-0.39, 0.29) is 5.56 Å². The van der Waals surface area contributed by atoms with Crippen LogP contribution in [0.2, 0.25) is 0 Å². The van der Waals surface area contributed by atoms with E-state index in [9.17, 15) is 26.3 Å². The third-order valence-electron chi connectivity index (χ3n) is 7.22. The van der Waals surface area contributed by atoms with Gasteiger partial charge < -0.3 is 14.2 Å². The van der Waals surface area contributed by atoms with Gasteiger partial charge in [-0.15, -0.1) is 0 Å². The molecule has 0 aliphatic heterocycles. The average molecular weight is 584 g/mol. The molecule has 0 aliphatic carbocycles. The molecule has 0 amide bonds. The second-order valence-electron chi connectivity index (χ2n) is 9.74. The second kappa shape index (κ2) is 14.1. The first-order valence-electron chi connectivity index (χ1n) is 13.2. The summed E-state index contributed by atoms with van der Waals surface area (Å²) in [6, 6.07) is 12.9. The van der Waals surface area contributed by atoms with Gasteiger partial charge in [-0.2, -0.15) is 31.6 Å². The van der Waals surface area contributed by atoms with E-state index in [1.807, 2.05) is 39.0 Å². The topological polar surface area (TPSA) is 51.5 Å². The third kappa shape index (κ3) is 7.55. The molecule has 4 nitrogen and oxygen atoms in total. The summed E-state index contributed by atoms with van der Waals surface area (Å²) in [5.74, 6) is 4.14. The standard InChI is InChI=1S/C31H35F6NO3/c1-6-28(7-2,26-13-14-27(23(4)20-26)40-18-10-8-9-17-38)25-12-11-24(22(3)19-25)15-16-29(30(32,33)34,31(35,36)37)41-21-39-5/h11-14,19-20H,6-10,18,21H2,1-5H3. The van der Waals surface area contributed by atoms with Crippen molar-refractivity contribution in [3.63, 3.8) is 0 Å². The van der Waals surface area contributed by atoms with Gasteiger partial charge in [0.15, 0.2) is 0 Å². The van der Waals surface area contributed by atoms with Gasteiger partial charge in [-0.25, -0.2) is 0 Å². The van der Waals surface area contributed by atoms with Crippen LogP contribution in [0.4, 0.5) is 26.3 Å². The predicted octanol–water partition coefficient (Wildman–Crippen LogP) is 8.32. The zero-order valence-electron chi connectivity index (χ0n) is 23.9. The van der Waals surface area contributed by atoms with Crippen LogP contribution in [-0.4, -0.2) is 38.5 Å². The summed E-state index contributed by atoms with van der Waals surface area (Å²) in [4.78, 5) is 0. The van der Waals surface area contributed by atoms with Crippen molar-refractivity contribution in [1.29, 1.82) is 5.26 Å². The predicted molar refractivity (Wildman–Crippen MR) is 143 cm³/mol. The number of ether oxygens (including phenoxy) is 3. The second-order valence-corrected chi connectivity index (χ2v) is 9.74. The first kappa shape index (κ1) is 34.0. The molecule has 0 radical (unpaired) electrons. The molecule has 0 fully saturated rings. The Balaban J connectivity index is 2.48. The zero-order valence-corrected chi connectivity index (χ0v) is 23.9. The van der Waals surface area contributed by atoms with Crippen molar-refractivity contribution in [2.45, 2.75) is 83.2 Å². The molecule has 41 heavy (non-hydrogen) atoms. The zero-order chi connectivity index (χ0) is 30.9. The van der Waals surface area contributed by atoms with Crippen LogP contribution in [0.1, 0.15) is 73.8 Å². The quantitative estimate of drug-likeness (QED) is 0.109. The first-order chi connectivity index (χ1) is 19.2. The van der Waals surface area contributed by atoms with Crippen LogP contribution >= 0.6 is 0 Å². The van der Waals surface area contributed by atoms with Crippen LogP contribution in [-0.2, 0) is 14.9 Å². The number of aryl methyl sites for hydroxylation is 2. The first-order valence-corrected chi connectivity index (χ1v) is 13.2. The van der Waals surface area contributed by atoms with E-state index in [2.05, 4.69) is 21.5 Å². The highest BCUT2D eigenvalue weighted by molar-refractivity contribution is 5.50. The Morgan fingerprint density at radius 2 is 1.41 bits per heavy atom. The maximum absolute atomic E-state index is 13.7. The van der Waals surface area contributed by atoms with Crippen LogP contribution < -0.4 is 4.74 Å². The fourth-order valence-electron chi connectivity index (χ4n) is 4.74. The van der Waals surface area contributed by atoms with E-state index in [0.29, 0.717) is 31.4 Å². The van der Waals surface area contributed by atoms with Crippen LogP contribution in [0.5, 0.6) is 5.75 Å². The lowest BCUT2D eigenvalue weighted by atomic mass is 9.70. The van der Waals surface area contributed by atoms with E-state index in [0.717, 1.165) is 42.4 Å². The minimum atomic E-state index is -5.85. The number of unbranched alkanes of at least 4 members (excludes halogenated alkanes) is 2. The molecule has 0 aliphatic rings. The van der Waals surface area contributed by atoms with Gasteiger partial charge in [0.05, 0.1) is 12.7 Å². The summed E-state index contributed by atoms with van der Waals surface area (Å²) in [5, 5.41) is 8.66. The lowest BCUT2D eigenvalue weighted by Crippen LogP contribution is -2.58. The largest absolute Gasteiger partial charge is 0.493 e. The maximum atomic E-state index is 13.7. The Morgan fingerprint density at radius 3 is 1.90 bits per heavy atom. The molecule has 0 heterocycles. The Morgan fingerprint density at radius 1 is 0.829 bits per heavy atom. The minimum Gasteiger partial charge on any atom is -0.493 e. The van der Waals surface area contributed by atoms with Crippen molar-refractivity contribution in [2.75, 3.05) is 20.5 Å². The molecule has 0 saturated carbocycles.